The quantitative estimate of drug-likeness (QED) is 0.644. The molecule has 3 nitrogen and oxygen atoms in total. The van der Waals surface area contributed by atoms with Crippen molar-refractivity contribution in [3.05, 3.63) is 0 Å². The van der Waals surface area contributed by atoms with E-state index in [-0.39, 0.29) is 0 Å². The van der Waals surface area contributed by atoms with E-state index < -0.39 is 0 Å². The van der Waals surface area contributed by atoms with Crippen LogP contribution in [0.5, 0.6) is 0 Å². The van der Waals surface area contributed by atoms with Gasteiger partial charge in [-0.25, -0.2) is 0 Å². The second kappa shape index (κ2) is 6.81. The Hall–Kier alpha value is -0.590. The van der Waals surface area contributed by atoms with Crippen LogP contribution in [0.15, 0.2) is 0 Å². The van der Waals surface area contributed by atoms with Crippen LogP contribution >= 0.6 is 0 Å². The van der Waals surface area contributed by atoms with Gasteiger partial charge < -0.3 is 9.80 Å². The van der Waals surface area contributed by atoms with Gasteiger partial charge in [-0.15, -0.1) is 0 Å². The monoisotopic (exact) mass is 209 g/mol. The lowest BCUT2D eigenvalue weighted by atomic mass is 9.98. The molecule has 1 fully saturated rings. The van der Waals surface area contributed by atoms with Gasteiger partial charge >= 0.3 is 0 Å². The van der Waals surface area contributed by atoms with Crippen molar-refractivity contribution >= 4 is 0 Å². The summed E-state index contributed by atoms with van der Waals surface area (Å²) in [6.07, 6.45) is 4.41. The highest BCUT2D eigenvalue weighted by molar-refractivity contribution is 4.74. The molecule has 0 spiro atoms. The number of nitrogens with zero attached hydrogens (tertiary/aromatic N) is 3. The van der Waals surface area contributed by atoms with Crippen LogP contribution in [0.4, 0.5) is 0 Å². The lowest BCUT2D eigenvalue weighted by Gasteiger charge is -2.32. The topological polar surface area (TPSA) is 30.3 Å². The van der Waals surface area contributed by atoms with Crippen molar-refractivity contribution in [2.45, 2.75) is 25.7 Å². The molecule has 0 N–H and O–H groups in total. The third kappa shape index (κ3) is 5.15. The number of hydrogen-bond donors (Lipinski definition) is 0. The van der Waals surface area contributed by atoms with E-state index in [0.29, 0.717) is 6.42 Å². The number of hydrogen-bond acceptors (Lipinski definition) is 3. The average Bonchev–Trinajstić information content (AvgIpc) is 2.18. The molecule has 1 saturated heterocycles. The van der Waals surface area contributed by atoms with Gasteiger partial charge in [0.2, 0.25) is 0 Å². The van der Waals surface area contributed by atoms with Gasteiger partial charge in [-0.05, 0) is 52.4 Å². The van der Waals surface area contributed by atoms with Gasteiger partial charge in [-0.1, -0.05) is 0 Å². The minimum absolute atomic E-state index is 0.689. The highest BCUT2D eigenvalue weighted by Gasteiger charge is 2.18. The maximum Gasteiger partial charge on any atom is 0.0622 e. The first-order valence-electron chi connectivity index (χ1n) is 5.96. The van der Waals surface area contributed by atoms with Crippen LogP contribution in [0, 0.1) is 17.2 Å². The fourth-order valence-corrected chi connectivity index (χ4v) is 2.38. The second-order valence-corrected chi connectivity index (χ2v) is 4.79. The minimum Gasteiger partial charge on any atom is -0.306 e. The number of likely N-dealkylation sites (tertiary alicyclic amines) is 1. The molecule has 0 saturated carbocycles. The lowest BCUT2D eigenvalue weighted by molar-refractivity contribution is 0.166. The molecule has 0 aromatic carbocycles. The maximum absolute atomic E-state index is 8.46. The normalized spacial score (nSPS) is 22.9. The molecular formula is C12H23N3. The number of piperidine rings is 1. The highest BCUT2D eigenvalue weighted by Crippen LogP contribution is 2.15. The fraction of sp³-hybridized carbons (Fsp3) is 0.917. The number of unbranched alkanes of at least 4 members (excludes halogenated alkanes) is 1. The Morgan fingerprint density at radius 1 is 1.53 bits per heavy atom. The largest absolute Gasteiger partial charge is 0.306 e. The Morgan fingerprint density at radius 3 is 3.00 bits per heavy atom. The molecule has 0 aromatic heterocycles. The summed E-state index contributed by atoms with van der Waals surface area (Å²) in [5, 5.41) is 8.46. The Labute approximate surface area is 93.7 Å². The Balaban J connectivity index is 2.13. The Kier molecular flexibility index (Phi) is 5.67. The van der Waals surface area contributed by atoms with Crippen molar-refractivity contribution in [1.29, 1.82) is 5.26 Å². The zero-order chi connectivity index (χ0) is 11.1. The van der Waals surface area contributed by atoms with Gasteiger partial charge in [0.05, 0.1) is 6.07 Å². The van der Waals surface area contributed by atoms with Crippen molar-refractivity contribution in [2.24, 2.45) is 5.92 Å². The lowest BCUT2D eigenvalue weighted by Crippen LogP contribution is -2.38. The molecule has 1 atom stereocenters. The first kappa shape index (κ1) is 12.5. The zero-order valence-electron chi connectivity index (χ0n) is 10.1. The third-order valence-corrected chi connectivity index (χ3v) is 3.12. The van der Waals surface area contributed by atoms with E-state index in [1.807, 2.05) is 0 Å². The van der Waals surface area contributed by atoms with E-state index in [1.165, 1.54) is 32.5 Å². The molecule has 3 heteroatoms. The van der Waals surface area contributed by atoms with Crippen LogP contribution in [-0.4, -0.2) is 50.1 Å². The second-order valence-electron chi connectivity index (χ2n) is 4.79. The molecule has 0 aliphatic carbocycles. The summed E-state index contributed by atoms with van der Waals surface area (Å²) in [5.74, 6) is 0.829. The highest BCUT2D eigenvalue weighted by atomic mass is 15.1. The summed E-state index contributed by atoms with van der Waals surface area (Å²) >= 11 is 0. The van der Waals surface area contributed by atoms with E-state index in [2.05, 4.69) is 30.0 Å². The molecule has 0 aromatic rings. The summed E-state index contributed by atoms with van der Waals surface area (Å²) in [5.41, 5.74) is 0. The predicted octanol–water partition coefficient (Wildman–Crippen LogP) is 1.56. The average molecular weight is 209 g/mol. The van der Waals surface area contributed by atoms with E-state index in [1.54, 1.807) is 0 Å². The van der Waals surface area contributed by atoms with Gasteiger partial charge in [-0.2, -0.15) is 5.26 Å². The summed E-state index contributed by atoms with van der Waals surface area (Å²) in [6.45, 7) is 4.75. The first-order valence-corrected chi connectivity index (χ1v) is 5.96. The Morgan fingerprint density at radius 2 is 2.33 bits per heavy atom. The molecule has 0 amide bonds. The van der Waals surface area contributed by atoms with Gasteiger partial charge in [0.25, 0.3) is 0 Å². The van der Waals surface area contributed by atoms with Crippen LogP contribution < -0.4 is 0 Å². The van der Waals surface area contributed by atoms with Gasteiger partial charge in [-0.3, -0.25) is 0 Å². The van der Waals surface area contributed by atoms with E-state index in [4.69, 9.17) is 5.26 Å². The van der Waals surface area contributed by atoms with Crippen LogP contribution in [0.3, 0.4) is 0 Å². The molecule has 15 heavy (non-hydrogen) atoms. The molecule has 86 valence electrons. The van der Waals surface area contributed by atoms with E-state index >= 15 is 0 Å². The van der Waals surface area contributed by atoms with Crippen molar-refractivity contribution in [3.63, 3.8) is 0 Å². The van der Waals surface area contributed by atoms with Crippen molar-refractivity contribution in [3.8, 4) is 6.07 Å². The smallest absolute Gasteiger partial charge is 0.0622 e. The summed E-state index contributed by atoms with van der Waals surface area (Å²) in [7, 11) is 4.38. The fourth-order valence-electron chi connectivity index (χ4n) is 2.38. The number of nitriles is 1. The van der Waals surface area contributed by atoms with Gasteiger partial charge in [0.15, 0.2) is 0 Å². The molecule has 1 aliphatic heterocycles. The standard InChI is InChI=1S/C12H23N3/c1-14(8-4-3-7-13)10-12-6-5-9-15(2)11-12/h12H,3-6,8-11H2,1-2H3. The zero-order valence-corrected chi connectivity index (χ0v) is 10.1. The van der Waals surface area contributed by atoms with Gasteiger partial charge in [0.1, 0.15) is 0 Å². The van der Waals surface area contributed by atoms with Crippen LogP contribution in [0.2, 0.25) is 0 Å². The molecule has 1 rings (SSSR count). The summed E-state index contributed by atoms with van der Waals surface area (Å²) in [4.78, 5) is 4.80. The van der Waals surface area contributed by atoms with Crippen LogP contribution in [-0.2, 0) is 0 Å². The predicted molar refractivity (Wildman–Crippen MR) is 62.6 cm³/mol. The first-order chi connectivity index (χ1) is 7.22. The molecule has 0 bridgehead atoms. The SMILES string of the molecule is CN(CCCC#N)CC1CCCN(C)C1. The van der Waals surface area contributed by atoms with Crippen molar-refractivity contribution in [1.82, 2.24) is 9.80 Å². The summed E-state index contributed by atoms with van der Waals surface area (Å²) in [6, 6.07) is 2.20. The summed E-state index contributed by atoms with van der Waals surface area (Å²) < 4.78 is 0. The molecule has 0 radical (unpaired) electrons. The van der Waals surface area contributed by atoms with Crippen molar-refractivity contribution in [2.75, 3.05) is 40.3 Å². The van der Waals surface area contributed by atoms with Crippen molar-refractivity contribution < 1.29 is 0 Å². The maximum atomic E-state index is 8.46. The van der Waals surface area contributed by atoms with Crippen LogP contribution in [0.25, 0.3) is 0 Å². The van der Waals surface area contributed by atoms with Gasteiger partial charge in [0, 0.05) is 19.5 Å². The van der Waals surface area contributed by atoms with Crippen LogP contribution in [0.1, 0.15) is 25.7 Å². The van der Waals surface area contributed by atoms with E-state index in [0.717, 1.165) is 18.9 Å². The molecule has 1 heterocycles. The molecular weight excluding hydrogens is 186 g/mol. The third-order valence-electron chi connectivity index (χ3n) is 3.12. The molecule has 1 aliphatic rings. The molecule has 1 unspecified atom stereocenters. The van der Waals surface area contributed by atoms with E-state index in [9.17, 15) is 0 Å². The minimum atomic E-state index is 0.689. The number of rotatable bonds is 5. The Bertz CT molecular complexity index is 209.